The molecule has 0 saturated carbocycles. The molecular weight excluding hydrogens is 264 g/mol. The van der Waals surface area contributed by atoms with Gasteiger partial charge in [-0.3, -0.25) is 4.98 Å². The Balaban J connectivity index is 1.71. The van der Waals surface area contributed by atoms with Crippen molar-refractivity contribution in [2.75, 3.05) is 0 Å². The molecule has 1 N–H and O–H groups in total. The Morgan fingerprint density at radius 2 is 2.44 bits per heavy atom. The van der Waals surface area contributed by atoms with Crippen LogP contribution in [0.15, 0.2) is 30.6 Å². The van der Waals surface area contributed by atoms with Crippen molar-refractivity contribution in [3.63, 3.8) is 0 Å². The maximum Gasteiger partial charge on any atom is 0.0934 e. The Morgan fingerprint density at radius 1 is 1.50 bits per heavy atom. The van der Waals surface area contributed by atoms with Crippen molar-refractivity contribution < 1.29 is 0 Å². The number of rotatable bonds is 3. The maximum atomic E-state index is 6.11. The van der Waals surface area contributed by atoms with Crippen LogP contribution in [0.2, 0.25) is 4.34 Å². The van der Waals surface area contributed by atoms with Gasteiger partial charge in [0.05, 0.1) is 4.34 Å². The predicted molar refractivity (Wildman–Crippen MR) is 76.1 cm³/mol. The van der Waals surface area contributed by atoms with Gasteiger partial charge in [-0.05, 0) is 42.5 Å². The number of thiophene rings is 1. The molecule has 3 rings (SSSR count). The average Bonchev–Trinajstić information content (AvgIpc) is 2.78. The van der Waals surface area contributed by atoms with E-state index >= 15 is 0 Å². The van der Waals surface area contributed by atoms with Crippen LogP contribution in [0.3, 0.4) is 0 Å². The van der Waals surface area contributed by atoms with Crippen molar-refractivity contribution in [3.8, 4) is 0 Å². The van der Waals surface area contributed by atoms with Gasteiger partial charge < -0.3 is 5.32 Å². The van der Waals surface area contributed by atoms with Crippen molar-refractivity contribution in [1.29, 1.82) is 0 Å². The quantitative estimate of drug-likeness (QED) is 0.919. The molecule has 0 saturated heterocycles. The van der Waals surface area contributed by atoms with Crippen LogP contribution in [0.1, 0.15) is 34.9 Å². The average molecular weight is 279 g/mol. The maximum absolute atomic E-state index is 6.11. The second-order valence-electron chi connectivity index (χ2n) is 4.62. The van der Waals surface area contributed by atoms with E-state index in [0.717, 1.165) is 10.9 Å². The zero-order valence-electron chi connectivity index (χ0n) is 10.0. The number of hydrogen-bond acceptors (Lipinski definition) is 3. The molecule has 1 aliphatic rings. The van der Waals surface area contributed by atoms with Crippen LogP contribution >= 0.6 is 22.9 Å². The SMILES string of the molecule is Clc1cc2c(s1)CCCC2NCc1cccnc1. The summed E-state index contributed by atoms with van der Waals surface area (Å²) >= 11 is 7.84. The lowest BCUT2D eigenvalue weighted by atomic mass is 9.94. The molecule has 2 aromatic rings. The van der Waals surface area contributed by atoms with Crippen LogP contribution in [0.4, 0.5) is 0 Å². The lowest BCUT2D eigenvalue weighted by Crippen LogP contribution is -2.23. The van der Waals surface area contributed by atoms with Crippen LogP contribution in [0.5, 0.6) is 0 Å². The molecule has 0 aliphatic heterocycles. The smallest absolute Gasteiger partial charge is 0.0934 e. The van der Waals surface area contributed by atoms with Gasteiger partial charge in [0.1, 0.15) is 0 Å². The van der Waals surface area contributed by atoms with Gasteiger partial charge >= 0.3 is 0 Å². The van der Waals surface area contributed by atoms with Gasteiger partial charge in [-0.2, -0.15) is 0 Å². The third-order valence-electron chi connectivity index (χ3n) is 3.36. The van der Waals surface area contributed by atoms with Crippen LogP contribution in [0, 0.1) is 0 Å². The zero-order valence-corrected chi connectivity index (χ0v) is 11.6. The monoisotopic (exact) mass is 278 g/mol. The Bertz CT molecular complexity index is 524. The Kier molecular flexibility index (Phi) is 3.64. The number of aryl methyl sites for hydroxylation is 1. The van der Waals surface area contributed by atoms with Gasteiger partial charge in [0.25, 0.3) is 0 Å². The van der Waals surface area contributed by atoms with Gasteiger partial charge in [-0.25, -0.2) is 0 Å². The highest BCUT2D eigenvalue weighted by Crippen LogP contribution is 2.37. The minimum Gasteiger partial charge on any atom is -0.306 e. The summed E-state index contributed by atoms with van der Waals surface area (Å²) in [7, 11) is 0. The molecule has 0 bridgehead atoms. The fourth-order valence-electron chi connectivity index (χ4n) is 2.48. The van der Waals surface area contributed by atoms with Gasteiger partial charge in [0.15, 0.2) is 0 Å². The van der Waals surface area contributed by atoms with Crippen molar-refractivity contribution in [2.45, 2.75) is 31.8 Å². The van der Waals surface area contributed by atoms with Crippen molar-refractivity contribution >= 4 is 22.9 Å². The lowest BCUT2D eigenvalue weighted by molar-refractivity contribution is 0.463. The number of aromatic nitrogens is 1. The molecule has 1 atom stereocenters. The number of nitrogens with zero attached hydrogens (tertiary/aromatic N) is 1. The van der Waals surface area contributed by atoms with Crippen molar-refractivity contribution in [3.05, 3.63) is 50.9 Å². The van der Waals surface area contributed by atoms with Crippen molar-refractivity contribution in [1.82, 2.24) is 10.3 Å². The molecule has 18 heavy (non-hydrogen) atoms. The highest BCUT2D eigenvalue weighted by atomic mass is 35.5. The topological polar surface area (TPSA) is 24.9 Å². The number of halogens is 1. The second kappa shape index (κ2) is 5.39. The van der Waals surface area contributed by atoms with Gasteiger partial charge in [-0.15, -0.1) is 11.3 Å². The molecule has 4 heteroatoms. The van der Waals surface area contributed by atoms with Crippen LogP contribution in [0.25, 0.3) is 0 Å². The molecule has 1 aliphatic carbocycles. The molecule has 0 spiro atoms. The summed E-state index contributed by atoms with van der Waals surface area (Å²) in [4.78, 5) is 5.59. The third kappa shape index (κ3) is 2.58. The summed E-state index contributed by atoms with van der Waals surface area (Å²) < 4.78 is 0.912. The Labute approximate surface area is 116 Å². The fourth-order valence-corrected chi connectivity index (χ4v) is 3.86. The first-order valence-corrected chi connectivity index (χ1v) is 7.43. The highest BCUT2D eigenvalue weighted by Gasteiger charge is 2.22. The number of nitrogens with one attached hydrogen (secondary N) is 1. The Morgan fingerprint density at radius 3 is 3.28 bits per heavy atom. The molecule has 0 amide bonds. The second-order valence-corrected chi connectivity index (χ2v) is 6.38. The number of fused-ring (bicyclic) bond motifs is 1. The molecule has 2 nitrogen and oxygen atoms in total. The predicted octanol–water partition coefficient (Wildman–Crippen LogP) is 3.96. The van der Waals surface area contributed by atoms with E-state index < -0.39 is 0 Å². The van der Waals surface area contributed by atoms with E-state index in [2.05, 4.69) is 22.4 Å². The van der Waals surface area contributed by atoms with Crippen LogP contribution < -0.4 is 5.32 Å². The molecule has 0 aromatic carbocycles. The largest absolute Gasteiger partial charge is 0.306 e. The van der Waals surface area contributed by atoms with E-state index in [1.54, 1.807) is 17.5 Å². The highest BCUT2D eigenvalue weighted by molar-refractivity contribution is 7.16. The summed E-state index contributed by atoms with van der Waals surface area (Å²) in [5, 5.41) is 3.62. The van der Waals surface area contributed by atoms with E-state index in [1.807, 2.05) is 12.3 Å². The lowest BCUT2D eigenvalue weighted by Gasteiger charge is -2.23. The molecule has 2 heterocycles. The molecule has 0 radical (unpaired) electrons. The summed E-state index contributed by atoms with van der Waals surface area (Å²) in [6, 6.07) is 6.65. The summed E-state index contributed by atoms with van der Waals surface area (Å²) in [6.07, 6.45) is 7.34. The normalized spacial score (nSPS) is 18.6. The van der Waals surface area contributed by atoms with E-state index in [0.29, 0.717) is 6.04 Å². The molecule has 1 unspecified atom stereocenters. The van der Waals surface area contributed by atoms with E-state index in [1.165, 1.54) is 35.3 Å². The number of pyridine rings is 1. The summed E-state index contributed by atoms with van der Waals surface area (Å²) in [6.45, 7) is 0.866. The van der Waals surface area contributed by atoms with Gasteiger partial charge in [0, 0.05) is 29.9 Å². The first-order valence-electron chi connectivity index (χ1n) is 6.23. The van der Waals surface area contributed by atoms with Gasteiger partial charge in [0.2, 0.25) is 0 Å². The molecular formula is C14H15ClN2S. The van der Waals surface area contributed by atoms with E-state index in [9.17, 15) is 0 Å². The third-order valence-corrected chi connectivity index (χ3v) is 4.70. The van der Waals surface area contributed by atoms with Crippen molar-refractivity contribution in [2.24, 2.45) is 0 Å². The summed E-state index contributed by atoms with van der Waals surface area (Å²) in [5.41, 5.74) is 2.63. The first-order chi connectivity index (χ1) is 8.83. The molecule has 2 aromatic heterocycles. The van der Waals surface area contributed by atoms with Crippen LogP contribution in [-0.2, 0) is 13.0 Å². The van der Waals surface area contributed by atoms with Gasteiger partial charge in [-0.1, -0.05) is 17.7 Å². The zero-order chi connectivity index (χ0) is 12.4. The minimum atomic E-state index is 0.442. The molecule has 0 fully saturated rings. The minimum absolute atomic E-state index is 0.442. The Hall–Kier alpha value is -0.900. The number of hydrogen-bond donors (Lipinski definition) is 1. The first kappa shape index (κ1) is 12.2. The fraction of sp³-hybridized carbons (Fsp3) is 0.357. The standard InChI is InChI=1S/C14H15ClN2S/c15-14-7-11-12(4-1-5-13(11)18-14)17-9-10-3-2-6-16-8-10/h2-3,6-8,12,17H,1,4-5,9H2. The summed E-state index contributed by atoms with van der Waals surface area (Å²) in [5.74, 6) is 0. The van der Waals surface area contributed by atoms with E-state index in [-0.39, 0.29) is 0 Å². The van der Waals surface area contributed by atoms with E-state index in [4.69, 9.17) is 11.6 Å². The molecule has 94 valence electrons. The van der Waals surface area contributed by atoms with Crippen LogP contribution in [-0.4, -0.2) is 4.98 Å².